The molecule has 1 aliphatic rings. The van der Waals surface area contributed by atoms with E-state index in [9.17, 15) is 19.1 Å². The van der Waals surface area contributed by atoms with Crippen LogP contribution in [0.3, 0.4) is 0 Å². The summed E-state index contributed by atoms with van der Waals surface area (Å²) in [6.07, 6.45) is 0. The van der Waals surface area contributed by atoms with Gasteiger partial charge in [0.15, 0.2) is 15.8 Å². The van der Waals surface area contributed by atoms with Gasteiger partial charge in [-0.1, -0.05) is 108 Å². The number of nitrogens with zero attached hydrogens (tertiary/aromatic N) is 3. The van der Waals surface area contributed by atoms with Gasteiger partial charge in [0.2, 0.25) is 5.13 Å². The monoisotopic (exact) mass is 653 g/mol. The van der Waals surface area contributed by atoms with E-state index < -0.39 is 17.7 Å². The number of carbonyl (C=O) groups excluding carboxylic acids is 2. The van der Waals surface area contributed by atoms with E-state index in [1.54, 1.807) is 66.7 Å². The van der Waals surface area contributed by atoms with Crippen molar-refractivity contribution in [1.82, 2.24) is 10.2 Å². The number of hydrogen-bond donors (Lipinski definition) is 1. The Morgan fingerprint density at radius 1 is 0.913 bits per heavy atom. The third-order valence-corrected chi connectivity index (χ3v) is 9.33. The van der Waals surface area contributed by atoms with Crippen LogP contribution in [0.15, 0.2) is 113 Å². The molecule has 4 aromatic carbocycles. The molecule has 1 aliphatic heterocycles. The first kappa shape index (κ1) is 31.0. The molecule has 1 N–H and O–H groups in total. The summed E-state index contributed by atoms with van der Waals surface area (Å²) < 4.78 is 26.7. The van der Waals surface area contributed by atoms with E-state index in [4.69, 9.17) is 9.47 Å². The number of hydrogen-bond acceptors (Lipinski definition) is 9. The van der Waals surface area contributed by atoms with Crippen molar-refractivity contribution in [3.05, 3.63) is 137 Å². The summed E-state index contributed by atoms with van der Waals surface area (Å²) in [6.45, 7) is 2.50. The predicted molar refractivity (Wildman–Crippen MR) is 175 cm³/mol. The maximum Gasteiger partial charge on any atom is 0.301 e. The number of halogens is 1. The van der Waals surface area contributed by atoms with E-state index in [0.29, 0.717) is 51.5 Å². The summed E-state index contributed by atoms with van der Waals surface area (Å²) in [4.78, 5) is 28.5. The Morgan fingerprint density at radius 3 is 2.37 bits per heavy atom. The zero-order valence-electron chi connectivity index (χ0n) is 24.6. The molecule has 6 rings (SSSR count). The number of thioether (sulfide) groups is 1. The van der Waals surface area contributed by atoms with Crippen LogP contribution in [0.2, 0.25) is 0 Å². The van der Waals surface area contributed by atoms with Crippen molar-refractivity contribution in [2.45, 2.75) is 29.7 Å². The van der Waals surface area contributed by atoms with Gasteiger partial charge in [-0.3, -0.25) is 14.5 Å². The molecule has 5 aromatic rings. The SMILES string of the molecule is CCOc1cc(C2/C(=C(\O)c3ccccc3)C(=O)C(=O)N2c2nnc(SCc3ccccc3F)s2)ccc1OCc1ccccc1. The molecule has 1 saturated heterocycles. The van der Waals surface area contributed by atoms with Crippen LogP contribution in [0, 0.1) is 5.82 Å². The minimum atomic E-state index is -1.04. The van der Waals surface area contributed by atoms with E-state index in [1.807, 2.05) is 37.3 Å². The Kier molecular flexibility index (Phi) is 9.41. The maximum absolute atomic E-state index is 14.2. The third kappa shape index (κ3) is 6.51. The lowest BCUT2D eigenvalue weighted by atomic mass is 9.95. The topological polar surface area (TPSA) is 102 Å². The van der Waals surface area contributed by atoms with Crippen molar-refractivity contribution in [3.63, 3.8) is 0 Å². The number of Topliss-reactive ketones (excluding diaryl/α,β-unsaturated/α-hetero) is 1. The van der Waals surface area contributed by atoms with Crippen LogP contribution in [0.1, 0.15) is 35.2 Å². The van der Waals surface area contributed by atoms with E-state index in [0.717, 1.165) is 16.9 Å². The number of amides is 1. The fraction of sp³-hybridized carbons (Fsp3) is 0.143. The Labute approximate surface area is 273 Å². The molecular weight excluding hydrogens is 626 g/mol. The standard InChI is InChI=1S/C35H28FN3O5S2/c1-2-43-28-19-24(17-18-27(28)44-20-22-11-5-3-6-12-22)30-29(31(40)23-13-7-4-8-14-23)32(41)33(42)39(30)34-37-38-35(46-34)45-21-25-15-9-10-16-26(25)36/h3-19,30,40H,2,20-21H2,1H3/b31-29+. The number of aromatic nitrogens is 2. The molecule has 8 nitrogen and oxygen atoms in total. The molecule has 232 valence electrons. The average molecular weight is 654 g/mol. The second-order valence-electron chi connectivity index (χ2n) is 10.2. The molecule has 1 atom stereocenters. The zero-order chi connectivity index (χ0) is 32.0. The maximum atomic E-state index is 14.2. The van der Waals surface area contributed by atoms with Gasteiger partial charge in [-0.2, -0.15) is 0 Å². The summed E-state index contributed by atoms with van der Waals surface area (Å²) in [7, 11) is 0. The van der Waals surface area contributed by atoms with Crippen molar-refractivity contribution < 1.29 is 28.6 Å². The van der Waals surface area contributed by atoms with Gasteiger partial charge in [0.25, 0.3) is 5.78 Å². The lowest BCUT2D eigenvalue weighted by Gasteiger charge is -2.23. The quantitative estimate of drug-likeness (QED) is 0.0512. The van der Waals surface area contributed by atoms with Crippen LogP contribution in [-0.4, -0.2) is 33.6 Å². The average Bonchev–Trinajstić information content (AvgIpc) is 3.66. The molecule has 2 heterocycles. The molecule has 1 amide bonds. The van der Waals surface area contributed by atoms with Gasteiger partial charge >= 0.3 is 5.91 Å². The van der Waals surface area contributed by atoms with Crippen LogP contribution in [0.5, 0.6) is 11.5 Å². The lowest BCUT2D eigenvalue weighted by Crippen LogP contribution is -2.29. The molecular formula is C35H28FN3O5S2. The van der Waals surface area contributed by atoms with Gasteiger partial charge in [-0.05, 0) is 41.8 Å². The van der Waals surface area contributed by atoms with Crippen molar-refractivity contribution >= 4 is 45.7 Å². The Morgan fingerprint density at radius 2 is 1.63 bits per heavy atom. The number of aliphatic hydroxyl groups excluding tert-OH is 1. The summed E-state index contributed by atoms with van der Waals surface area (Å²) in [6, 6.07) is 28.9. The number of carbonyl (C=O) groups is 2. The fourth-order valence-corrected chi connectivity index (χ4v) is 6.88. The first-order valence-electron chi connectivity index (χ1n) is 14.4. The molecule has 0 radical (unpaired) electrons. The third-order valence-electron chi connectivity index (χ3n) is 7.22. The van der Waals surface area contributed by atoms with Crippen LogP contribution in [0.4, 0.5) is 9.52 Å². The number of aliphatic hydroxyl groups is 1. The highest BCUT2D eigenvalue weighted by Gasteiger charge is 2.48. The molecule has 0 aliphatic carbocycles. The highest BCUT2D eigenvalue weighted by atomic mass is 32.2. The molecule has 11 heteroatoms. The first-order chi connectivity index (χ1) is 22.4. The smallest absolute Gasteiger partial charge is 0.301 e. The zero-order valence-corrected chi connectivity index (χ0v) is 26.3. The van der Waals surface area contributed by atoms with Gasteiger partial charge < -0.3 is 14.6 Å². The fourth-order valence-electron chi connectivity index (χ4n) is 5.03. The van der Waals surface area contributed by atoms with Crippen LogP contribution in [-0.2, 0) is 21.9 Å². The van der Waals surface area contributed by atoms with Gasteiger partial charge in [-0.15, -0.1) is 10.2 Å². The Balaban J connectivity index is 1.39. The molecule has 1 unspecified atom stereocenters. The second kappa shape index (κ2) is 14.0. The molecule has 46 heavy (non-hydrogen) atoms. The molecule has 0 bridgehead atoms. The number of benzene rings is 4. The summed E-state index contributed by atoms with van der Waals surface area (Å²) in [5.74, 6) is -1.15. The highest BCUT2D eigenvalue weighted by Crippen LogP contribution is 2.45. The number of rotatable bonds is 11. The van der Waals surface area contributed by atoms with Crippen LogP contribution < -0.4 is 14.4 Å². The van der Waals surface area contributed by atoms with Crippen molar-refractivity contribution in [1.29, 1.82) is 0 Å². The van der Waals surface area contributed by atoms with Gasteiger partial charge in [0.05, 0.1) is 18.2 Å². The number of ether oxygens (including phenoxy) is 2. The van der Waals surface area contributed by atoms with E-state index >= 15 is 0 Å². The van der Waals surface area contributed by atoms with Crippen molar-refractivity contribution in [2.75, 3.05) is 11.5 Å². The summed E-state index contributed by atoms with van der Waals surface area (Å²) in [5, 5.41) is 20.1. The van der Waals surface area contributed by atoms with Gasteiger partial charge in [-0.25, -0.2) is 4.39 Å². The summed E-state index contributed by atoms with van der Waals surface area (Å²) in [5.41, 5.74) is 2.28. The van der Waals surface area contributed by atoms with Gasteiger partial charge in [0.1, 0.15) is 18.2 Å². The largest absolute Gasteiger partial charge is 0.507 e. The second-order valence-corrected chi connectivity index (χ2v) is 12.4. The first-order valence-corrected chi connectivity index (χ1v) is 16.2. The van der Waals surface area contributed by atoms with E-state index in [2.05, 4.69) is 10.2 Å². The minimum Gasteiger partial charge on any atom is -0.507 e. The van der Waals surface area contributed by atoms with E-state index in [-0.39, 0.29) is 22.3 Å². The highest BCUT2D eigenvalue weighted by molar-refractivity contribution is 8.00. The molecule has 0 saturated carbocycles. The lowest BCUT2D eigenvalue weighted by molar-refractivity contribution is -0.132. The van der Waals surface area contributed by atoms with Gasteiger partial charge in [0, 0.05) is 11.3 Å². The Bertz CT molecular complexity index is 1900. The van der Waals surface area contributed by atoms with Crippen molar-refractivity contribution in [3.8, 4) is 11.5 Å². The predicted octanol–water partition coefficient (Wildman–Crippen LogP) is 7.57. The molecule has 0 spiro atoms. The normalized spacial score (nSPS) is 15.7. The van der Waals surface area contributed by atoms with Crippen LogP contribution >= 0.6 is 23.1 Å². The molecule has 1 fully saturated rings. The molecule has 1 aromatic heterocycles. The Hall–Kier alpha value is -5.00. The van der Waals surface area contributed by atoms with E-state index in [1.165, 1.54) is 22.7 Å². The van der Waals surface area contributed by atoms with Crippen molar-refractivity contribution in [2.24, 2.45) is 0 Å². The van der Waals surface area contributed by atoms with Crippen LogP contribution in [0.25, 0.3) is 5.76 Å². The number of ketones is 1. The summed E-state index contributed by atoms with van der Waals surface area (Å²) >= 11 is 2.37. The number of anilines is 1. The minimum absolute atomic E-state index is 0.0904.